The van der Waals surface area contributed by atoms with Crippen LogP contribution in [0, 0.1) is 5.92 Å². The van der Waals surface area contributed by atoms with Gasteiger partial charge in [0.15, 0.2) is 0 Å². The number of rotatable bonds is 10. The summed E-state index contributed by atoms with van der Waals surface area (Å²) in [6, 6.07) is -0.199. The molecule has 0 spiro atoms. The number of halogens is 1. The van der Waals surface area contributed by atoms with Crippen LogP contribution in [0.1, 0.15) is 71.1 Å². The highest BCUT2D eigenvalue weighted by Gasteiger charge is 2.46. The average molecular weight is 553 g/mol. The van der Waals surface area contributed by atoms with Gasteiger partial charge in [0.05, 0.1) is 19.0 Å². The quantitative estimate of drug-likeness (QED) is 0.354. The Hall–Kier alpha value is -1.14. The van der Waals surface area contributed by atoms with Gasteiger partial charge in [-0.2, -0.15) is 4.72 Å². The second kappa shape index (κ2) is 14.7. The lowest BCUT2D eigenvalue weighted by atomic mass is 9.80. The van der Waals surface area contributed by atoms with E-state index in [9.17, 15) is 18.0 Å². The number of methoxy groups -OCH3 is 1. The Balaban J connectivity index is 0.00000456. The number of sulfonamides is 1. The maximum Gasteiger partial charge on any atom is 0.327 e. The van der Waals surface area contributed by atoms with Crippen LogP contribution < -0.4 is 15.4 Å². The first-order valence-corrected chi connectivity index (χ1v) is 14.9. The summed E-state index contributed by atoms with van der Waals surface area (Å²) >= 11 is 0. The van der Waals surface area contributed by atoms with Crippen molar-refractivity contribution in [3.8, 4) is 0 Å². The van der Waals surface area contributed by atoms with Crippen LogP contribution in [0.15, 0.2) is 0 Å². The van der Waals surface area contributed by atoms with Crippen LogP contribution in [-0.4, -0.2) is 88.7 Å². The third-order valence-electron chi connectivity index (χ3n) is 7.62. The minimum absolute atomic E-state index is 0. The molecule has 0 radical (unpaired) electrons. The van der Waals surface area contributed by atoms with Gasteiger partial charge < -0.3 is 25.0 Å². The molecule has 0 atom stereocenters. The minimum Gasteiger partial charge on any atom is -0.468 e. The summed E-state index contributed by atoms with van der Waals surface area (Å²) in [5, 5.41) is 6.46. The number of unbranched alkanes of at least 4 members (excludes halogenated alkanes) is 1. The molecule has 2 amide bonds. The van der Waals surface area contributed by atoms with Gasteiger partial charge in [-0.1, -0.05) is 13.3 Å². The highest BCUT2D eigenvalue weighted by atomic mass is 35.5. The topological polar surface area (TPSA) is 126 Å². The molecule has 3 aliphatic rings. The summed E-state index contributed by atoms with van der Waals surface area (Å²) in [6.45, 7) is 6.20. The van der Waals surface area contributed by atoms with Gasteiger partial charge in [-0.05, 0) is 76.8 Å². The van der Waals surface area contributed by atoms with E-state index in [0.717, 1.165) is 39.0 Å². The van der Waals surface area contributed by atoms with Crippen molar-refractivity contribution in [2.75, 3.05) is 45.6 Å². The molecule has 2 saturated heterocycles. The van der Waals surface area contributed by atoms with Crippen LogP contribution in [0.3, 0.4) is 0 Å². The molecule has 210 valence electrons. The summed E-state index contributed by atoms with van der Waals surface area (Å²) in [6.07, 6.45) is 7.12. The summed E-state index contributed by atoms with van der Waals surface area (Å²) < 4.78 is 38.7. The van der Waals surface area contributed by atoms with Crippen molar-refractivity contribution in [1.29, 1.82) is 0 Å². The fraction of sp³-hybridized carbons (Fsp3) is 0.917. The van der Waals surface area contributed by atoms with Gasteiger partial charge in [0, 0.05) is 25.7 Å². The molecule has 0 aromatic carbocycles. The van der Waals surface area contributed by atoms with E-state index in [1.807, 2.05) is 11.8 Å². The summed E-state index contributed by atoms with van der Waals surface area (Å²) in [5.74, 6) is 0.0611. The predicted molar refractivity (Wildman–Crippen MR) is 141 cm³/mol. The number of piperidine rings is 2. The van der Waals surface area contributed by atoms with Crippen LogP contribution in [0.25, 0.3) is 0 Å². The zero-order valence-corrected chi connectivity index (χ0v) is 23.4. The maximum absolute atomic E-state index is 12.8. The van der Waals surface area contributed by atoms with Gasteiger partial charge in [-0.3, -0.25) is 4.79 Å². The molecule has 1 aliphatic carbocycles. The lowest BCUT2D eigenvalue weighted by Crippen LogP contribution is -2.59. The molecule has 12 heteroatoms. The maximum atomic E-state index is 12.8. The summed E-state index contributed by atoms with van der Waals surface area (Å²) in [4.78, 5) is 27.2. The van der Waals surface area contributed by atoms with Crippen molar-refractivity contribution in [3.63, 3.8) is 0 Å². The summed E-state index contributed by atoms with van der Waals surface area (Å²) in [5.41, 5.74) is -1.26. The first kappa shape index (κ1) is 31.1. The summed E-state index contributed by atoms with van der Waals surface area (Å²) in [7, 11) is -2.32. The van der Waals surface area contributed by atoms with Gasteiger partial charge in [0.2, 0.25) is 10.0 Å². The molecule has 0 unspecified atom stereocenters. The Labute approximate surface area is 222 Å². The van der Waals surface area contributed by atoms with Crippen LogP contribution in [0.2, 0.25) is 0 Å². The molecule has 1 saturated carbocycles. The highest BCUT2D eigenvalue weighted by molar-refractivity contribution is 7.89. The Kier molecular flexibility index (Phi) is 12.7. The number of ether oxygens (including phenoxy) is 2. The molecule has 10 nitrogen and oxygen atoms in total. The lowest BCUT2D eigenvalue weighted by molar-refractivity contribution is -0.149. The molecule has 2 heterocycles. The SMILES string of the molecule is CCCCS(=O)(=O)NC1(C(=O)OC)CCC(NC(=O)N2CCC(OCC3CCNCC3)CC2)CC1.Cl. The molecule has 0 aromatic rings. The predicted octanol–water partition coefficient (Wildman–Crippen LogP) is 2.17. The van der Waals surface area contributed by atoms with E-state index >= 15 is 0 Å². The fourth-order valence-corrected chi connectivity index (χ4v) is 6.95. The number of hydrogen-bond donors (Lipinski definition) is 3. The van der Waals surface area contributed by atoms with Gasteiger partial charge >= 0.3 is 12.0 Å². The zero-order valence-electron chi connectivity index (χ0n) is 21.8. The monoisotopic (exact) mass is 552 g/mol. The van der Waals surface area contributed by atoms with Crippen molar-refractivity contribution in [1.82, 2.24) is 20.3 Å². The molecule has 2 aliphatic heterocycles. The van der Waals surface area contributed by atoms with Gasteiger partial charge in [0.25, 0.3) is 0 Å². The van der Waals surface area contributed by atoms with Crippen molar-refractivity contribution >= 4 is 34.4 Å². The zero-order chi connectivity index (χ0) is 25.3. The van der Waals surface area contributed by atoms with Gasteiger partial charge in [0.1, 0.15) is 5.54 Å². The van der Waals surface area contributed by atoms with Crippen LogP contribution in [0.4, 0.5) is 4.79 Å². The Morgan fingerprint density at radius 2 is 1.69 bits per heavy atom. The lowest BCUT2D eigenvalue weighted by Gasteiger charge is -2.39. The molecule has 3 rings (SSSR count). The second-order valence-corrected chi connectivity index (χ2v) is 12.1. The van der Waals surface area contributed by atoms with Crippen molar-refractivity contribution in [2.24, 2.45) is 5.92 Å². The smallest absolute Gasteiger partial charge is 0.327 e. The van der Waals surface area contributed by atoms with E-state index in [4.69, 9.17) is 9.47 Å². The van der Waals surface area contributed by atoms with Gasteiger partial charge in [-0.15, -0.1) is 12.4 Å². The van der Waals surface area contributed by atoms with E-state index < -0.39 is 21.5 Å². The van der Waals surface area contributed by atoms with E-state index in [1.54, 1.807) is 0 Å². The fourth-order valence-electron chi connectivity index (χ4n) is 5.29. The van der Waals surface area contributed by atoms with Gasteiger partial charge in [-0.25, -0.2) is 13.2 Å². The molecule has 36 heavy (non-hydrogen) atoms. The molecular formula is C24H45ClN4O6S. The Morgan fingerprint density at radius 1 is 1.06 bits per heavy atom. The van der Waals surface area contributed by atoms with Crippen LogP contribution in [-0.2, 0) is 24.3 Å². The van der Waals surface area contributed by atoms with E-state index in [-0.39, 0.29) is 36.3 Å². The van der Waals surface area contributed by atoms with Crippen LogP contribution >= 0.6 is 12.4 Å². The van der Waals surface area contributed by atoms with E-state index in [2.05, 4.69) is 15.4 Å². The van der Waals surface area contributed by atoms with Crippen molar-refractivity contribution < 1.29 is 27.5 Å². The number of likely N-dealkylation sites (tertiary alicyclic amines) is 1. The minimum atomic E-state index is -3.59. The molecule has 0 aromatic heterocycles. The molecule has 3 N–H and O–H groups in total. The van der Waals surface area contributed by atoms with E-state index in [1.165, 1.54) is 20.0 Å². The first-order valence-electron chi connectivity index (χ1n) is 13.2. The molecule has 0 bridgehead atoms. The first-order chi connectivity index (χ1) is 16.8. The number of nitrogens with zero attached hydrogens (tertiary/aromatic N) is 1. The third kappa shape index (κ3) is 9.01. The number of nitrogens with one attached hydrogen (secondary N) is 3. The Bertz CT molecular complexity index is 792. The number of amides is 2. The third-order valence-corrected chi connectivity index (χ3v) is 9.14. The average Bonchev–Trinajstić information content (AvgIpc) is 2.87. The van der Waals surface area contributed by atoms with Crippen molar-refractivity contribution in [3.05, 3.63) is 0 Å². The standard InChI is InChI=1S/C24H44N4O6S.ClH/c1-3-4-17-35(31,32)27-24(22(29)33-2)11-5-20(6-12-24)26-23(30)28-15-9-21(10-16-28)34-18-19-7-13-25-14-8-19;/h19-21,25,27H,3-18H2,1-2H3,(H,26,30);1H. The number of esters is 1. The van der Waals surface area contributed by atoms with Crippen molar-refractivity contribution in [2.45, 2.75) is 88.8 Å². The largest absolute Gasteiger partial charge is 0.468 e. The highest BCUT2D eigenvalue weighted by Crippen LogP contribution is 2.31. The number of carbonyl (C=O) groups excluding carboxylic acids is 2. The number of hydrogen-bond acceptors (Lipinski definition) is 7. The molecular weight excluding hydrogens is 508 g/mol. The second-order valence-electron chi connectivity index (χ2n) is 10.3. The normalized spacial score (nSPS) is 26.2. The van der Waals surface area contributed by atoms with E-state index in [0.29, 0.717) is 51.1 Å². The Morgan fingerprint density at radius 3 is 2.28 bits per heavy atom. The molecule has 3 fully saturated rings. The van der Waals surface area contributed by atoms with Crippen LogP contribution in [0.5, 0.6) is 0 Å². The number of urea groups is 1. The number of carbonyl (C=O) groups is 2.